The van der Waals surface area contributed by atoms with Crippen LogP contribution in [0, 0.1) is 0 Å². The molecule has 0 aromatic carbocycles. The lowest BCUT2D eigenvalue weighted by molar-refractivity contribution is 0.600. The number of nitrogens with two attached hydrogens (primary N) is 1. The highest BCUT2D eigenvalue weighted by Gasteiger charge is 2.17. The predicted octanol–water partition coefficient (Wildman–Crippen LogP) is 1.16. The summed E-state index contributed by atoms with van der Waals surface area (Å²) in [6.45, 7) is 2.92. The first kappa shape index (κ1) is 13.6. The lowest BCUT2D eigenvalue weighted by atomic mass is 10.4. The summed E-state index contributed by atoms with van der Waals surface area (Å²) < 4.78 is 28.7. The largest absolute Gasteiger partial charge is 0.349 e. The summed E-state index contributed by atoms with van der Waals surface area (Å²) >= 11 is 0. The van der Waals surface area contributed by atoms with Crippen LogP contribution < -0.4 is 10.5 Å². The molecule has 0 unspecified atom stereocenters. The number of pyridine rings is 1. The third-order valence-corrected chi connectivity index (χ3v) is 4.10. The monoisotopic (exact) mass is 280 g/mol. The highest BCUT2D eigenvalue weighted by atomic mass is 32.2. The number of anilines is 1. The van der Waals surface area contributed by atoms with Crippen molar-refractivity contribution in [1.29, 1.82) is 0 Å². The van der Waals surface area contributed by atoms with Crippen molar-refractivity contribution >= 4 is 15.7 Å². The van der Waals surface area contributed by atoms with E-state index in [1.54, 1.807) is 24.4 Å². The zero-order valence-corrected chi connectivity index (χ0v) is 11.4. The van der Waals surface area contributed by atoms with Crippen molar-refractivity contribution in [3.8, 4) is 0 Å². The van der Waals surface area contributed by atoms with Crippen molar-refractivity contribution < 1.29 is 8.42 Å². The molecular formula is C12H16N4O2S. The van der Waals surface area contributed by atoms with E-state index in [0.717, 1.165) is 5.69 Å². The Labute approximate surface area is 112 Å². The molecule has 7 heteroatoms. The molecule has 0 atom stereocenters. The zero-order valence-electron chi connectivity index (χ0n) is 10.6. The Balaban J connectivity index is 2.32. The molecule has 0 saturated heterocycles. The summed E-state index contributed by atoms with van der Waals surface area (Å²) in [6, 6.07) is 4.78. The number of aryl methyl sites for hydroxylation is 1. The molecule has 0 aliphatic carbocycles. The number of nitrogens with zero attached hydrogens (tertiary/aromatic N) is 2. The van der Waals surface area contributed by atoms with Crippen LogP contribution >= 0.6 is 0 Å². The van der Waals surface area contributed by atoms with Gasteiger partial charge in [0.25, 0.3) is 10.0 Å². The van der Waals surface area contributed by atoms with E-state index in [1.807, 2.05) is 11.5 Å². The Bertz CT molecular complexity index is 628. The minimum absolute atomic E-state index is 0.214. The van der Waals surface area contributed by atoms with Crippen LogP contribution in [0.25, 0.3) is 0 Å². The minimum atomic E-state index is -3.59. The molecule has 2 rings (SSSR count). The van der Waals surface area contributed by atoms with Gasteiger partial charge in [0, 0.05) is 37.4 Å². The molecule has 0 bridgehead atoms. The topological polar surface area (TPSA) is 90.0 Å². The Morgan fingerprint density at radius 1 is 1.37 bits per heavy atom. The molecule has 102 valence electrons. The summed E-state index contributed by atoms with van der Waals surface area (Å²) in [5.74, 6) is 0. The lowest BCUT2D eigenvalue weighted by Gasteiger charge is -2.05. The molecule has 2 aromatic rings. The van der Waals surface area contributed by atoms with Crippen molar-refractivity contribution in [2.45, 2.75) is 24.9 Å². The molecule has 19 heavy (non-hydrogen) atoms. The number of sulfonamides is 1. The molecule has 0 fully saturated rings. The number of aromatic nitrogens is 2. The fourth-order valence-electron chi connectivity index (χ4n) is 1.77. The number of rotatable bonds is 5. The number of nitrogens with one attached hydrogen (secondary N) is 1. The fraction of sp³-hybridized carbons (Fsp3) is 0.250. The Morgan fingerprint density at radius 2 is 2.05 bits per heavy atom. The normalized spacial score (nSPS) is 11.5. The van der Waals surface area contributed by atoms with Gasteiger partial charge in [-0.3, -0.25) is 9.71 Å². The number of hydrogen-bond donors (Lipinski definition) is 2. The molecule has 0 saturated carbocycles. The summed E-state index contributed by atoms with van der Waals surface area (Å²) in [5, 5.41) is 0. The summed E-state index contributed by atoms with van der Waals surface area (Å²) in [7, 11) is -3.59. The zero-order chi connectivity index (χ0) is 13.9. The van der Waals surface area contributed by atoms with Crippen molar-refractivity contribution in [1.82, 2.24) is 9.55 Å². The molecule has 0 spiro atoms. The van der Waals surface area contributed by atoms with Gasteiger partial charge >= 0.3 is 0 Å². The maximum atomic E-state index is 12.2. The van der Waals surface area contributed by atoms with Gasteiger partial charge in [-0.2, -0.15) is 0 Å². The molecule has 0 amide bonds. The van der Waals surface area contributed by atoms with E-state index >= 15 is 0 Å². The highest BCUT2D eigenvalue weighted by molar-refractivity contribution is 7.92. The first-order chi connectivity index (χ1) is 9.06. The van der Waals surface area contributed by atoms with Crippen molar-refractivity contribution in [3.05, 3.63) is 42.5 Å². The Hall–Kier alpha value is -1.86. The summed E-state index contributed by atoms with van der Waals surface area (Å²) in [5.41, 5.74) is 6.86. The van der Waals surface area contributed by atoms with Crippen LogP contribution in [0.3, 0.4) is 0 Å². The minimum Gasteiger partial charge on any atom is -0.349 e. The van der Waals surface area contributed by atoms with E-state index in [9.17, 15) is 8.42 Å². The third kappa shape index (κ3) is 2.94. The van der Waals surface area contributed by atoms with E-state index in [4.69, 9.17) is 5.73 Å². The van der Waals surface area contributed by atoms with E-state index in [-0.39, 0.29) is 4.90 Å². The predicted molar refractivity (Wildman–Crippen MR) is 73.0 cm³/mol. The summed E-state index contributed by atoms with van der Waals surface area (Å²) in [6.07, 6.45) is 4.65. The van der Waals surface area contributed by atoms with E-state index in [1.165, 1.54) is 12.4 Å². The SMILES string of the molecule is CCn1cc(S(=O)(=O)Nc2ccncc2)cc1CN. The van der Waals surface area contributed by atoms with Gasteiger partial charge in [0.05, 0.1) is 5.69 Å². The van der Waals surface area contributed by atoms with Gasteiger partial charge in [0.2, 0.25) is 0 Å². The maximum absolute atomic E-state index is 12.2. The van der Waals surface area contributed by atoms with Crippen LogP contribution in [0.5, 0.6) is 0 Å². The third-order valence-electron chi connectivity index (χ3n) is 2.75. The standard InChI is InChI=1S/C12H16N4O2S/c1-2-16-9-12(7-11(16)8-13)19(17,18)15-10-3-5-14-6-4-10/h3-7,9H,2,8,13H2,1H3,(H,14,15). The van der Waals surface area contributed by atoms with Crippen LogP contribution in [0.4, 0.5) is 5.69 Å². The molecule has 0 aliphatic rings. The van der Waals surface area contributed by atoms with E-state index < -0.39 is 10.0 Å². The summed E-state index contributed by atoms with van der Waals surface area (Å²) in [4.78, 5) is 4.05. The Kier molecular flexibility index (Phi) is 3.87. The molecule has 6 nitrogen and oxygen atoms in total. The number of hydrogen-bond acceptors (Lipinski definition) is 4. The van der Waals surface area contributed by atoms with Crippen LogP contribution in [-0.4, -0.2) is 18.0 Å². The van der Waals surface area contributed by atoms with Gasteiger partial charge in [-0.05, 0) is 25.1 Å². The highest BCUT2D eigenvalue weighted by Crippen LogP contribution is 2.18. The molecular weight excluding hydrogens is 264 g/mol. The van der Waals surface area contributed by atoms with Crippen molar-refractivity contribution in [3.63, 3.8) is 0 Å². The second-order valence-electron chi connectivity index (χ2n) is 4.00. The van der Waals surface area contributed by atoms with E-state index in [0.29, 0.717) is 18.8 Å². The molecule has 2 heterocycles. The molecule has 3 N–H and O–H groups in total. The quantitative estimate of drug-likeness (QED) is 0.860. The maximum Gasteiger partial charge on any atom is 0.263 e. The molecule has 0 aliphatic heterocycles. The average molecular weight is 280 g/mol. The molecule has 0 radical (unpaired) electrons. The second kappa shape index (κ2) is 5.41. The fourth-order valence-corrected chi connectivity index (χ4v) is 2.89. The van der Waals surface area contributed by atoms with Crippen molar-refractivity contribution in [2.75, 3.05) is 4.72 Å². The van der Waals surface area contributed by atoms with Crippen LogP contribution in [0.15, 0.2) is 41.7 Å². The van der Waals surface area contributed by atoms with Crippen LogP contribution in [0.2, 0.25) is 0 Å². The first-order valence-corrected chi connectivity index (χ1v) is 7.37. The van der Waals surface area contributed by atoms with Crippen LogP contribution in [0.1, 0.15) is 12.6 Å². The smallest absolute Gasteiger partial charge is 0.263 e. The van der Waals surface area contributed by atoms with Gasteiger partial charge in [-0.1, -0.05) is 0 Å². The molecule has 2 aromatic heterocycles. The first-order valence-electron chi connectivity index (χ1n) is 5.88. The average Bonchev–Trinajstić information content (AvgIpc) is 2.83. The van der Waals surface area contributed by atoms with Gasteiger partial charge in [-0.15, -0.1) is 0 Å². The van der Waals surface area contributed by atoms with Crippen LogP contribution in [-0.2, 0) is 23.1 Å². The van der Waals surface area contributed by atoms with Gasteiger partial charge in [0.1, 0.15) is 4.90 Å². The van der Waals surface area contributed by atoms with Gasteiger partial charge in [0.15, 0.2) is 0 Å². The van der Waals surface area contributed by atoms with E-state index in [2.05, 4.69) is 9.71 Å². The van der Waals surface area contributed by atoms with Crippen molar-refractivity contribution in [2.24, 2.45) is 5.73 Å². The second-order valence-corrected chi connectivity index (χ2v) is 5.68. The van der Waals surface area contributed by atoms with Gasteiger partial charge in [-0.25, -0.2) is 8.42 Å². The lowest BCUT2D eigenvalue weighted by Crippen LogP contribution is -2.12. The van der Waals surface area contributed by atoms with Gasteiger partial charge < -0.3 is 10.3 Å². The Morgan fingerprint density at radius 3 is 2.58 bits per heavy atom.